The maximum Gasteiger partial charge on any atom is 0.323 e. The number of nitrogens with zero attached hydrogens (tertiary/aromatic N) is 1. The molecule has 0 saturated carbocycles. The van der Waals surface area contributed by atoms with Gasteiger partial charge in [0, 0.05) is 11.1 Å². The van der Waals surface area contributed by atoms with Crippen LogP contribution in [0.4, 0.5) is 0 Å². The Hall–Kier alpha value is -3.61. The second kappa shape index (κ2) is 9.93. The summed E-state index contributed by atoms with van der Waals surface area (Å²) in [5.74, 6) is -1.34. The van der Waals surface area contributed by atoms with Crippen molar-refractivity contribution in [3.05, 3.63) is 59.2 Å². The molecule has 1 heterocycles. The number of hydrogen-bond donors (Lipinski definition) is 1. The Labute approximate surface area is 180 Å². The largest absolute Gasteiger partial charge is 0.490 e. The molecular weight excluding hydrogens is 398 g/mol. The van der Waals surface area contributed by atoms with Crippen LogP contribution in [0.15, 0.2) is 42.5 Å². The van der Waals surface area contributed by atoms with E-state index in [-0.39, 0.29) is 5.57 Å². The third-order valence-corrected chi connectivity index (χ3v) is 4.80. The van der Waals surface area contributed by atoms with Gasteiger partial charge in [0.1, 0.15) is 6.54 Å². The Bertz CT molecular complexity index is 1030. The van der Waals surface area contributed by atoms with Gasteiger partial charge in [-0.05, 0) is 48.7 Å². The van der Waals surface area contributed by atoms with Crippen LogP contribution in [0.25, 0.3) is 11.6 Å². The molecule has 7 nitrogen and oxygen atoms in total. The number of carbonyl (C=O) groups excluding carboxylic acids is 2. The molecule has 1 aliphatic rings. The lowest BCUT2D eigenvalue weighted by Gasteiger charge is -2.27. The minimum atomic E-state index is -1.26. The van der Waals surface area contributed by atoms with Crippen LogP contribution >= 0.6 is 0 Å². The molecule has 2 amide bonds. The van der Waals surface area contributed by atoms with Gasteiger partial charge < -0.3 is 14.6 Å². The molecule has 1 N–H and O–H groups in total. The van der Waals surface area contributed by atoms with Crippen molar-refractivity contribution in [2.45, 2.75) is 26.7 Å². The summed E-state index contributed by atoms with van der Waals surface area (Å²) < 4.78 is 11.5. The Morgan fingerprint density at radius 3 is 2.42 bits per heavy atom. The Morgan fingerprint density at radius 2 is 1.74 bits per heavy atom. The van der Waals surface area contributed by atoms with Crippen LogP contribution in [0.3, 0.4) is 0 Å². The lowest BCUT2D eigenvalue weighted by Crippen LogP contribution is -2.44. The minimum absolute atomic E-state index is 0.249. The number of benzene rings is 2. The molecule has 2 aromatic rings. The van der Waals surface area contributed by atoms with Crippen molar-refractivity contribution in [1.29, 1.82) is 0 Å². The van der Waals surface area contributed by atoms with Gasteiger partial charge in [0.25, 0.3) is 11.8 Å². The number of carboxylic acid groups (broad SMARTS) is 1. The van der Waals surface area contributed by atoms with E-state index in [1.165, 1.54) is 0 Å². The standard InChI is InChI=1S/C24H25NO6/c1-3-5-12-31-20-11-10-16(14-21(20)30-4-2)13-19-17-8-6-7-9-18(17)23(28)25(24(19)29)15-22(26)27/h6-11,13-14H,3-5,12,15H2,1-2H3,(H,26,27)/b19-13-. The van der Waals surface area contributed by atoms with Crippen molar-refractivity contribution < 1.29 is 29.0 Å². The van der Waals surface area contributed by atoms with E-state index in [9.17, 15) is 14.4 Å². The monoisotopic (exact) mass is 423 g/mol. The van der Waals surface area contributed by atoms with Crippen molar-refractivity contribution in [3.8, 4) is 11.5 Å². The third kappa shape index (κ3) is 4.94. The highest BCUT2D eigenvalue weighted by Gasteiger charge is 2.35. The van der Waals surface area contributed by atoms with Crippen molar-refractivity contribution in [2.75, 3.05) is 19.8 Å². The zero-order valence-corrected chi connectivity index (χ0v) is 17.6. The first-order chi connectivity index (χ1) is 15.0. The summed E-state index contributed by atoms with van der Waals surface area (Å²) in [5.41, 5.74) is 1.69. The molecular formula is C24H25NO6. The second-order valence-corrected chi connectivity index (χ2v) is 7.03. The number of unbranched alkanes of at least 4 members (excludes halogenated alkanes) is 1. The van der Waals surface area contributed by atoms with E-state index in [2.05, 4.69) is 6.92 Å². The molecule has 0 spiro atoms. The van der Waals surface area contributed by atoms with Gasteiger partial charge in [-0.15, -0.1) is 0 Å². The van der Waals surface area contributed by atoms with Gasteiger partial charge in [0.05, 0.1) is 13.2 Å². The Kier molecular flexibility index (Phi) is 7.07. The normalized spacial score (nSPS) is 14.5. The molecule has 162 valence electrons. The first-order valence-corrected chi connectivity index (χ1v) is 10.2. The van der Waals surface area contributed by atoms with Crippen molar-refractivity contribution in [1.82, 2.24) is 4.90 Å². The molecule has 0 radical (unpaired) electrons. The molecule has 31 heavy (non-hydrogen) atoms. The molecule has 1 aliphatic heterocycles. The summed E-state index contributed by atoms with van der Waals surface area (Å²) in [6.45, 7) is 4.29. The second-order valence-electron chi connectivity index (χ2n) is 7.03. The third-order valence-electron chi connectivity index (χ3n) is 4.80. The summed E-state index contributed by atoms with van der Waals surface area (Å²) in [6.07, 6.45) is 3.58. The number of carbonyl (C=O) groups is 3. The lowest BCUT2D eigenvalue weighted by molar-refractivity contribution is -0.141. The van der Waals surface area contributed by atoms with Crippen LogP contribution in [0.5, 0.6) is 11.5 Å². The molecule has 7 heteroatoms. The number of hydrogen-bond acceptors (Lipinski definition) is 5. The number of aliphatic carboxylic acids is 1. The van der Waals surface area contributed by atoms with E-state index in [0.29, 0.717) is 41.4 Å². The number of rotatable bonds is 9. The fourth-order valence-electron chi connectivity index (χ4n) is 3.32. The first-order valence-electron chi connectivity index (χ1n) is 10.2. The van der Waals surface area contributed by atoms with Crippen molar-refractivity contribution in [3.63, 3.8) is 0 Å². The predicted octanol–water partition coefficient (Wildman–Crippen LogP) is 3.87. The Balaban J connectivity index is 2.03. The van der Waals surface area contributed by atoms with Crippen LogP contribution in [0.1, 0.15) is 48.2 Å². The molecule has 0 aliphatic carbocycles. The number of amides is 2. The van der Waals surface area contributed by atoms with Crippen molar-refractivity contribution >= 4 is 29.4 Å². The zero-order chi connectivity index (χ0) is 22.4. The SMILES string of the molecule is CCCCOc1ccc(/C=C2\C(=O)N(CC(=O)O)C(=O)c3ccccc32)cc1OCC. The summed E-state index contributed by atoms with van der Waals surface area (Å²) in [7, 11) is 0. The first kappa shape index (κ1) is 22.1. The Morgan fingerprint density at radius 1 is 1.00 bits per heavy atom. The van der Waals surface area contributed by atoms with Gasteiger partial charge >= 0.3 is 5.97 Å². The van der Waals surface area contributed by atoms with E-state index in [0.717, 1.165) is 17.7 Å². The van der Waals surface area contributed by atoms with Gasteiger partial charge in [-0.3, -0.25) is 19.3 Å². The molecule has 0 bridgehead atoms. The van der Waals surface area contributed by atoms with E-state index < -0.39 is 24.3 Å². The van der Waals surface area contributed by atoms with Gasteiger partial charge in [-0.25, -0.2) is 0 Å². The van der Waals surface area contributed by atoms with E-state index in [1.807, 2.05) is 6.92 Å². The van der Waals surface area contributed by atoms with E-state index >= 15 is 0 Å². The van der Waals surface area contributed by atoms with Crippen LogP contribution in [0, 0.1) is 0 Å². The highest BCUT2D eigenvalue weighted by Crippen LogP contribution is 2.33. The molecule has 0 unspecified atom stereocenters. The fourth-order valence-corrected chi connectivity index (χ4v) is 3.32. The smallest absolute Gasteiger partial charge is 0.323 e. The zero-order valence-electron chi connectivity index (χ0n) is 17.6. The van der Waals surface area contributed by atoms with E-state index in [4.69, 9.17) is 14.6 Å². The summed E-state index contributed by atoms with van der Waals surface area (Å²) in [6, 6.07) is 12.0. The van der Waals surface area contributed by atoms with Gasteiger partial charge in [0.2, 0.25) is 0 Å². The highest BCUT2D eigenvalue weighted by molar-refractivity contribution is 6.34. The fraction of sp³-hybridized carbons (Fsp3) is 0.292. The van der Waals surface area contributed by atoms with Gasteiger partial charge in [0.15, 0.2) is 11.5 Å². The maximum atomic E-state index is 13.0. The number of imide groups is 1. The van der Waals surface area contributed by atoms with Crippen LogP contribution in [-0.2, 0) is 9.59 Å². The number of carboxylic acids is 1. The molecule has 0 saturated heterocycles. The molecule has 0 atom stereocenters. The number of fused-ring (bicyclic) bond motifs is 1. The van der Waals surface area contributed by atoms with Crippen LogP contribution < -0.4 is 9.47 Å². The van der Waals surface area contributed by atoms with Crippen LogP contribution in [-0.4, -0.2) is 47.5 Å². The molecule has 0 fully saturated rings. The number of ether oxygens (including phenoxy) is 2. The predicted molar refractivity (Wildman–Crippen MR) is 116 cm³/mol. The average molecular weight is 423 g/mol. The van der Waals surface area contributed by atoms with Gasteiger partial charge in [-0.2, -0.15) is 0 Å². The maximum absolute atomic E-state index is 13.0. The average Bonchev–Trinajstić information content (AvgIpc) is 2.76. The quantitative estimate of drug-likeness (QED) is 0.374. The summed E-state index contributed by atoms with van der Waals surface area (Å²) in [5, 5.41) is 9.14. The summed E-state index contributed by atoms with van der Waals surface area (Å²) in [4.78, 5) is 37.6. The summed E-state index contributed by atoms with van der Waals surface area (Å²) >= 11 is 0. The lowest BCUT2D eigenvalue weighted by atomic mass is 9.92. The minimum Gasteiger partial charge on any atom is -0.490 e. The molecule has 3 rings (SSSR count). The molecule has 2 aromatic carbocycles. The topological polar surface area (TPSA) is 93.1 Å². The van der Waals surface area contributed by atoms with E-state index in [1.54, 1.807) is 48.5 Å². The van der Waals surface area contributed by atoms with Crippen molar-refractivity contribution in [2.24, 2.45) is 0 Å². The van der Waals surface area contributed by atoms with Crippen LogP contribution in [0.2, 0.25) is 0 Å². The van der Waals surface area contributed by atoms with Gasteiger partial charge in [-0.1, -0.05) is 37.6 Å². The molecule has 0 aromatic heterocycles. The highest BCUT2D eigenvalue weighted by atomic mass is 16.5.